The highest BCUT2D eigenvalue weighted by Crippen LogP contribution is 2.45. The number of carbonyl (C=O) groups is 2. The van der Waals surface area contributed by atoms with Crippen molar-refractivity contribution in [3.05, 3.63) is 46.3 Å². The Balaban J connectivity index is 2.77. The van der Waals surface area contributed by atoms with Crippen molar-refractivity contribution in [1.82, 2.24) is 5.32 Å². The Morgan fingerprint density at radius 2 is 1.37 bits per heavy atom. The molecule has 2 rings (SSSR count). The number of benzene rings is 1. The number of methoxy groups -OCH3 is 2. The van der Waals surface area contributed by atoms with Gasteiger partial charge < -0.3 is 24.3 Å². The lowest BCUT2D eigenvalue weighted by atomic mass is 9.79. The van der Waals surface area contributed by atoms with Crippen molar-refractivity contribution in [2.45, 2.75) is 59.7 Å². The molecule has 0 atom stereocenters. The average molecular weight is 418 g/mol. The molecule has 0 amide bonds. The predicted molar refractivity (Wildman–Crippen MR) is 113 cm³/mol. The van der Waals surface area contributed by atoms with E-state index in [1.807, 2.05) is 6.07 Å². The molecule has 0 fully saturated rings. The summed E-state index contributed by atoms with van der Waals surface area (Å²) in [7, 11) is 3.06. The molecule has 1 aromatic carbocycles. The number of carbonyl (C=O) groups excluding carboxylic acids is 2. The maximum Gasteiger partial charge on any atom is 0.337 e. The first kappa shape index (κ1) is 23.3. The molecular weight excluding hydrogens is 386 g/mol. The molecule has 0 unspecified atom stereocenters. The van der Waals surface area contributed by atoms with E-state index in [2.05, 4.69) is 5.32 Å². The van der Waals surface area contributed by atoms with E-state index < -0.39 is 17.9 Å². The number of ether oxygens (including phenoxy) is 4. The van der Waals surface area contributed by atoms with Crippen molar-refractivity contribution in [3.63, 3.8) is 0 Å². The molecule has 1 aliphatic heterocycles. The lowest BCUT2D eigenvalue weighted by Crippen LogP contribution is -2.33. The standard InChI is InChI=1S/C23H31NO6/c1-12(2)29-22(25)18-14(5)24-15(6)19(23(26)30-13(3)4)20(18)16-10-9-11-17(27-7)21(16)28-8/h9-13,20,24H,1-8H3. The van der Waals surface area contributed by atoms with Crippen LogP contribution in [-0.2, 0) is 19.1 Å². The van der Waals surface area contributed by atoms with Crippen LogP contribution in [-0.4, -0.2) is 38.4 Å². The van der Waals surface area contributed by atoms with Gasteiger partial charge in [0, 0.05) is 17.0 Å². The Labute approximate surface area is 178 Å². The van der Waals surface area contributed by atoms with Crippen molar-refractivity contribution < 1.29 is 28.5 Å². The number of rotatable bonds is 7. The zero-order valence-electron chi connectivity index (χ0n) is 18.9. The van der Waals surface area contributed by atoms with E-state index in [0.717, 1.165) is 0 Å². The zero-order valence-corrected chi connectivity index (χ0v) is 18.9. The molecule has 0 aromatic heterocycles. The highest BCUT2D eigenvalue weighted by molar-refractivity contribution is 6.00. The lowest BCUT2D eigenvalue weighted by Gasteiger charge is -2.32. The summed E-state index contributed by atoms with van der Waals surface area (Å²) in [6, 6.07) is 5.36. The molecule has 1 N–H and O–H groups in total. The average Bonchev–Trinajstić information content (AvgIpc) is 2.65. The smallest absolute Gasteiger partial charge is 0.337 e. The molecule has 0 saturated heterocycles. The van der Waals surface area contributed by atoms with E-state index in [1.54, 1.807) is 53.7 Å². The SMILES string of the molecule is COc1cccc(C2C(C(=O)OC(C)C)=C(C)NC(C)=C2C(=O)OC(C)C)c1OC. The van der Waals surface area contributed by atoms with Crippen LogP contribution in [0.25, 0.3) is 0 Å². The molecule has 30 heavy (non-hydrogen) atoms. The summed E-state index contributed by atoms with van der Waals surface area (Å²) in [6.45, 7) is 10.7. The van der Waals surface area contributed by atoms with Gasteiger partial charge in [-0.05, 0) is 47.6 Å². The van der Waals surface area contributed by atoms with Crippen molar-refractivity contribution in [2.24, 2.45) is 0 Å². The molecule has 1 aliphatic rings. The molecule has 0 bridgehead atoms. The Morgan fingerprint density at radius 3 is 1.77 bits per heavy atom. The van der Waals surface area contributed by atoms with Crippen molar-refractivity contribution >= 4 is 11.9 Å². The van der Waals surface area contributed by atoms with Crippen LogP contribution in [0.2, 0.25) is 0 Å². The molecule has 1 heterocycles. The monoisotopic (exact) mass is 417 g/mol. The van der Waals surface area contributed by atoms with Gasteiger partial charge in [0.1, 0.15) is 0 Å². The Morgan fingerprint density at radius 1 is 0.867 bits per heavy atom. The van der Waals surface area contributed by atoms with Gasteiger partial charge in [-0.2, -0.15) is 0 Å². The highest BCUT2D eigenvalue weighted by Gasteiger charge is 2.40. The van der Waals surface area contributed by atoms with E-state index in [-0.39, 0.29) is 12.2 Å². The highest BCUT2D eigenvalue weighted by atomic mass is 16.5. The van der Waals surface area contributed by atoms with E-state index in [4.69, 9.17) is 18.9 Å². The van der Waals surface area contributed by atoms with E-state index in [1.165, 1.54) is 14.2 Å². The summed E-state index contributed by atoms with van der Waals surface area (Å²) in [4.78, 5) is 26.2. The molecule has 0 spiro atoms. The minimum atomic E-state index is -0.742. The zero-order chi connectivity index (χ0) is 22.6. The molecule has 0 saturated carbocycles. The van der Waals surface area contributed by atoms with Crippen molar-refractivity contribution in [1.29, 1.82) is 0 Å². The Bertz CT molecular complexity index is 838. The van der Waals surface area contributed by atoms with Crippen molar-refractivity contribution in [2.75, 3.05) is 14.2 Å². The van der Waals surface area contributed by atoms with Crippen LogP contribution in [0, 0.1) is 0 Å². The number of hydrogen-bond donors (Lipinski definition) is 1. The third-order valence-electron chi connectivity index (χ3n) is 4.63. The van der Waals surface area contributed by atoms with E-state index in [0.29, 0.717) is 39.6 Å². The van der Waals surface area contributed by atoms with Crippen LogP contribution in [0.5, 0.6) is 11.5 Å². The fraction of sp³-hybridized carbons (Fsp3) is 0.478. The summed E-state index contributed by atoms with van der Waals surface area (Å²) >= 11 is 0. The van der Waals surface area contributed by atoms with Gasteiger partial charge in [-0.1, -0.05) is 12.1 Å². The third kappa shape index (κ3) is 4.78. The van der Waals surface area contributed by atoms with Crippen LogP contribution in [0.15, 0.2) is 40.7 Å². The Kier molecular flexibility index (Phi) is 7.54. The quantitative estimate of drug-likeness (QED) is 0.675. The first-order chi connectivity index (χ1) is 14.1. The predicted octanol–water partition coefficient (Wildman–Crippen LogP) is 3.84. The van der Waals surface area contributed by atoms with Gasteiger partial charge in [-0.25, -0.2) is 9.59 Å². The summed E-state index contributed by atoms with van der Waals surface area (Å²) in [6.07, 6.45) is -0.632. The largest absolute Gasteiger partial charge is 0.493 e. The van der Waals surface area contributed by atoms with Gasteiger partial charge in [0.2, 0.25) is 0 Å². The molecule has 0 aliphatic carbocycles. The maximum absolute atomic E-state index is 13.1. The Hall–Kier alpha value is -2.96. The normalized spacial score (nSPS) is 14.7. The number of para-hydroxylation sites is 1. The number of hydrogen-bond acceptors (Lipinski definition) is 7. The molecule has 7 nitrogen and oxygen atoms in total. The fourth-order valence-corrected chi connectivity index (χ4v) is 3.54. The summed E-state index contributed by atoms with van der Waals surface area (Å²) in [5.74, 6) is -0.817. The lowest BCUT2D eigenvalue weighted by molar-refractivity contribution is -0.143. The number of esters is 2. The van der Waals surface area contributed by atoms with Gasteiger partial charge in [-0.15, -0.1) is 0 Å². The summed E-state index contributed by atoms with van der Waals surface area (Å²) < 4.78 is 22.1. The third-order valence-corrected chi connectivity index (χ3v) is 4.63. The first-order valence-corrected chi connectivity index (χ1v) is 9.93. The summed E-state index contributed by atoms with van der Waals surface area (Å²) in [5, 5.41) is 3.14. The number of allylic oxidation sites excluding steroid dienone is 2. The maximum atomic E-state index is 13.1. The van der Waals surface area contributed by atoms with Crippen molar-refractivity contribution in [3.8, 4) is 11.5 Å². The van der Waals surface area contributed by atoms with Gasteiger partial charge in [0.05, 0.1) is 43.5 Å². The van der Waals surface area contributed by atoms with Crippen LogP contribution < -0.4 is 14.8 Å². The fourth-order valence-electron chi connectivity index (χ4n) is 3.54. The minimum Gasteiger partial charge on any atom is -0.493 e. The first-order valence-electron chi connectivity index (χ1n) is 9.93. The van der Waals surface area contributed by atoms with E-state index >= 15 is 0 Å². The van der Waals surface area contributed by atoms with Gasteiger partial charge in [0.25, 0.3) is 0 Å². The molecule has 0 radical (unpaired) electrons. The minimum absolute atomic E-state index is 0.316. The van der Waals surface area contributed by atoms with Gasteiger partial charge in [-0.3, -0.25) is 0 Å². The second kappa shape index (κ2) is 9.69. The topological polar surface area (TPSA) is 83.1 Å². The second-order valence-electron chi connectivity index (χ2n) is 7.63. The van der Waals surface area contributed by atoms with Crippen LogP contribution in [0.4, 0.5) is 0 Å². The number of nitrogens with one attached hydrogen (secondary N) is 1. The second-order valence-corrected chi connectivity index (χ2v) is 7.63. The van der Waals surface area contributed by atoms with E-state index in [9.17, 15) is 9.59 Å². The van der Waals surface area contributed by atoms with Crippen LogP contribution in [0.1, 0.15) is 53.0 Å². The molecule has 1 aromatic rings. The van der Waals surface area contributed by atoms with Crippen LogP contribution >= 0.6 is 0 Å². The van der Waals surface area contributed by atoms with Crippen LogP contribution in [0.3, 0.4) is 0 Å². The molecule has 7 heteroatoms. The number of dihydropyridines is 1. The van der Waals surface area contributed by atoms with Gasteiger partial charge >= 0.3 is 11.9 Å². The van der Waals surface area contributed by atoms with Gasteiger partial charge in [0.15, 0.2) is 11.5 Å². The molecular formula is C23H31NO6. The molecule has 164 valence electrons. The summed E-state index contributed by atoms with van der Waals surface area (Å²) in [5.41, 5.74) is 2.49.